The molecule has 0 spiro atoms. The zero-order valence-corrected chi connectivity index (χ0v) is 15.6. The van der Waals surface area contributed by atoms with Crippen molar-refractivity contribution >= 4 is 23.2 Å². The Bertz CT molecular complexity index is 764. The summed E-state index contributed by atoms with van der Waals surface area (Å²) in [6, 6.07) is 15.3. The number of nitrogens with zero attached hydrogens (tertiary/aromatic N) is 1. The van der Waals surface area contributed by atoms with E-state index in [-0.39, 0.29) is 11.8 Å². The molecule has 0 atom stereocenters. The highest BCUT2D eigenvalue weighted by Crippen LogP contribution is 2.26. The smallest absolute Gasteiger partial charge is 0.242 e. The zero-order chi connectivity index (χ0) is 18.6. The summed E-state index contributed by atoms with van der Waals surface area (Å²) < 4.78 is 0. The molecule has 0 bridgehead atoms. The van der Waals surface area contributed by atoms with Crippen LogP contribution >= 0.6 is 0 Å². The lowest BCUT2D eigenvalue weighted by molar-refractivity contribution is -0.136. The molecule has 1 N–H and O–H groups in total. The number of carbonyl (C=O) groups excluding carboxylic acids is 2. The van der Waals surface area contributed by atoms with Crippen LogP contribution in [-0.4, -0.2) is 18.4 Å². The SMILES string of the molecule is CCN(C(=O)C(C)(C)C(=O)Nc1ccc(C)cc1)c1cccc(C)c1. The first-order chi connectivity index (χ1) is 11.8. The fourth-order valence-electron chi connectivity index (χ4n) is 2.60. The van der Waals surface area contributed by atoms with Crippen LogP contribution in [0.2, 0.25) is 0 Å². The number of nitrogens with one attached hydrogen (secondary N) is 1. The quantitative estimate of drug-likeness (QED) is 0.825. The van der Waals surface area contributed by atoms with Crippen LogP contribution in [0.5, 0.6) is 0 Å². The number of aryl methyl sites for hydroxylation is 2. The van der Waals surface area contributed by atoms with Crippen LogP contribution in [0.4, 0.5) is 11.4 Å². The lowest BCUT2D eigenvalue weighted by atomic mass is 9.89. The highest BCUT2D eigenvalue weighted by Gasteiger charge is 2.39. The van der Waals surface area contributed by atoms with Gasteiger partial charge in [0, 0.05) is 17.9 Å². The molecule has 0 saturated carbocycles. The molecule has 0 aliphatic carbocycles. The monoisotopic (exact) mass is 338 g/mol. The van der Waals surface area contributed by atoms with Crippen molar-refractivity contribution in [2.75, 3.05) is 16.8 Å². The second-order valence-corrected chi connectivity index (χ2v) is 6.83. The standard InChI is InChI=1S/C21H26N2O2/c1-6-23(18-9-7-8-16(3)14-18)20(25)21(4,5)19(24)22-17-12-10-15(2)11-13-17/h7-14H,6H2,1-5H3,(H,22,24). The largest absolute Gasteiger partial charge is 0.325 e. The minimum Gasteiger partial charge on any atom is -0.325 e. The predicted octanol–water partition coefficient (Wildman–Crippen LogP) is 4.32. The maximum atomic E-state index is 13.1. The van der Waals surface area contributed by atoms with Crippen LogP contribution in [0.25, 0.3) is 0 Å². The first-order valence-corrected chi connectivity index (χ1v) is 8.52. The summed E-state index contributed by atoms with van der Waals surface area (Å²) in [4.78, 5) is 27.4. The summed E-state index contributed by atoms with van der Waals surface area (Å²) in [5.74, 6) is -0.530. The van der Waals surface area contributed by atoms with Gasteiger partial charge in [-0.1, -0.05) is 29.8 Å². The van der Waals surface area contributed by atoms with Gasteiger partial charge in [-0.25, -0.2) is 0 Å². The van der Waals surface area contributed by atoms with E-state index >= 15 is 0 Å². The van der Waals surface area contributed by atoms with Gasteiger partial charge in [0.15, 0.2) is 0 Å². The van der Waals surface area contributed by atoms with Gasteiger partial charge >= 0.3 is 0 Å². The summed E-state index contributed by atoms with van der Waals surface area (Å²) in [7, 11) is 0. The molecule has 132 valence electrons. The minimum absolute atomic E-state index is 0.217. The number of benzene rings is 2. The summed E-state index contributed by atoms with van der Waals surface area (Å²) in [6.07, 6.45) is 0. The summed E-state index contributed by atoms with van der Waals surface area (Å²) in [5.41, 5.74) is 2.51. The number of rotatable bonds is 5. The molecular formula is C21H26N2O2. The van der Waals surface area contributed by atoms with Gasteiger partial charge in [0.25, 0.3) is 0 Å². The molecule has 4 nitrogen and oxygen atoms in total. The van der Waals surface area contributed by atoms with E-state index in [4.69, 9.17) is 0 Å². The van der Waals surface area contributed by atoms with Crippen LogP contribution in [0.15, 0.2) is 48.5 Å². The number of carbonyl (C=O) groups is 2. The Morgan fingerprint density at radius 1 is 1.00 bits per heavy atom. The third kappa shape index (κ3) is 4.27. The molecular weight excluding hydrogens is 312 g/mol. The van der Waals surface area contributed by atoms with Crippen molar-refractivity contribution < 1.29 is 9.59 Å². The van der Waals surface area contributed by atoms with Crippen molar-refractivity contribution in [1.29, 1.82) is 0 Å². The molecule has 0 aliphatic heterocycles. The molecule has 25 heavy (non-hydrogen) atoms. The van der Waals surface area contributed by atoms with Gasteiger partial charge in [-0.05, 0) is 64.4 Å². The van der Waals surface area contributed by atoms with E-state index < -0.39 is 5.41 Å². The van der Waals surface area contributed by atoms with Crippen LogP contribution in [-0.2, 0) is 9.59 Å². The van der Waals surface area contributed by atoms with Gasteiger partial charge in [0.2, 0.25) is 11.8 Å². The van der Waals surface area contributed by atoms with Gasteiger partial charge in [-0.2, -0.15) is 0 Å². The van der Waals surface area contributed by atoms with E-state index in [1.54, 1.807) is 18.7 Å². The van der Waals surface area contributed by atoms with E-state index in [2.05, 4.69) is 5.32 Å². The van der Waals surface area contributed by atoms with E-state index in [9.17, 15) is 9.59 Å². The fourth-order valence-corrected chi connectivity index (χ4v) is 2.60. The third-order valence-corrected chi connectivity index (χ3v) is 4.29. The van der Waals surface area contributed by atoms with Crippen LogP contribution in [0, 0.1) is 19.3 Å². The Morgan fingerprint density at radius 3 is 2.20 bits per heavy atom. The van der Waals surface area contributed by atoms with Gasteiger partial charge in [0.05, 0.1) is 0 Å². The van der Waals surface area contributed by atoms with Crippen molar-refractivity contribution in [1.82, 2.24) is 0 Å². The third-order valence-electron chi connectivity index (χ3n) is 4.29. The van der Waals surface area contributed by atoms with E-state index in [1.807, 2.05) is 69.3 Å². The van der Waals surface area contributed by atoms with E-state index in [0.717, 1.165) is 16.8 Å². The number of amides is 2. The first kappa shape index (κ1) is 18.7. The van der Waals surface area contributed by atoms with Crippen molar-refractivity contribution in [3.8, 4) is 0 Å². The van der Waals surface area contributed by atoms with Gasteiger partial charge in [0.1, 0.15) is 5.41 Å². The average Bonchev–Trinajstić information content (AvgIpc) is 2.57. The highest BCUT2D eigenvalue weighted by molar-refractivity contribution is 6.14. The van der Waals surface area contributed by atoms with Crippen LogP contribution in [0.1, 0.15) is 31.9 Å². The molecule has 0 aromatic heterocycles. The van der Waals surface area contributed by atoms with Gasteiger partial charge in [-0.15, -0.1) is 0 Å². The highest BCUT2D eigenvalue weighted by atomic mass is 16.2. The van der Waals surface area contributed by atoms with Crippen molar-refractivity contribution in [2.45, 2.75) is 34.6 Å². The summed E-state index contributed by atoms with van der Waals surface area (Å²) in [6.45, 7) is 9.71. The molecule has 0 radical (unpaired) electrons. The van der Waals surface area contributed by atoms with Gasteiger partial charge < -0.3 is 10.2 Å². The molecule has 0 aliphatic rings. The molecule has 0 unspecified atom stereocenters. The molecule has 4 heteroatoms. The number of anilines is 2. The topological polar surface area (TPSA) is 49.4 Å². The Morgan fingerprint density at radius 2 is 1.64 bits per heavy atom. The Balaban J connectivity index is 2.22. The van der Waals surface area contributed by atoms with Crippen LogP contribution in [0.3, 0.4) is 0 Å². The maximum absolute atomic E-state index is 13.1. The van der Waals surface area contributed by atoms with Crippen molar-refractivity contribution in [3.63, 3.8) is 0 Å². The molecule has 0 heterocycles. The van der Waals surface area contributed by atoms with Crippen molar-refractivity contribution in [2.24, 2.45) is 5.41 Å². The molecule has 0 fully saturated rings. The molecule has 0 saturated heterocycles. The lowest BCUT2D eigenvalue weighted by Crippen LogP contribution is -2.47. The maximum Gasteiger partial charge on any atom is 0.242 e. The fraction of sp³-hybridized carbons (Fsp3) is 0.333. The Hall–Kier alpha value is -2.62. The average molecular weight is 338 g/mol. The summed E-state index contributed by atoms with van der Waals surface area (Å²) >= 11 is 0. The van der Waals surface area contributed by atoms with E-state index in [0.29, 0.717) is 12.2 Å². The molecule has 2 aromatic carbocycles. The summed E-state index contributed by atoms with van der Waals surface area (Å²) in [5, 5.41) is 2.85. The van der Waals surface area contributed by atoms with Crippen molar-refractivity contribution in [3.05, 3.63) is 59.7 Å². The van der Waals surface area contributed by atoms with Gasteiger partial charge in [-0.3, -0.25) is 9.59 Å². The van der Waals surface area contributed by atoms with E-state index in [1.165, 1.54) is 0 Å². The molecule has 2 rings (SSSR count). The minimum atomic E-state index is -1.18. The number of hydrogen-bond donors (Lipinski definition) is 1. The molecule has 2 amide bonds. The Kier molecular flexibility index (Phi) is 5.62. The Labute approximate surface area is 149 Å². The predicted molar refractivity (Wildman–Crippen MR) is 103 cm³/mol. The first-order valence-electron chi connectivity index (χ1n) is 8.52. The second-order valence-electron chi connectivity index (χ2n) is 6.83. The van der Waals surface area contributed by atoms with Crippen LogP contribution < -0.4 is 10.2 Å². The molecule has 2 aromatic rings. The number of hydrogen-bond acceptors (Lipinski definition) is 2. The second kappa shape index (κ2) is 7.51. The lowest BCUT2D eigenvalue weighted by Gasteiger charge is -2.30. The normalized spacial score (nSPS) is 11.1. The zero-order valence-electron chi connectivity index (χ0n) is 15.6.